The van der Waals surface area contributed by atoms with Crippen molar-refractivity contribution >= 4 is 35.4 Å². The molecule has 0 radical (unpaired) electrons. The molecule has 3 amide bonds. The van der Waals surface area contributed by atoms with E-state index in [1.807, 2.05) is 0 Å². The third-order valence-electron chi connectivity index (χ3n) is 4.12. The van der Waals surface area contributed by atoms with Crippen molar-refractivity contribution in [1.82, 2.24) is 19.4 Å². The molecule has 2 heterocycles. The summed E-state index contributed by atoms with van der Waals surface area (Å²) in [5.74, 6) is -1.16. The number of hydrogen-bond acceptors (Lipinski definition) is 7. The number of anilines is 2. The van der Waals surface area contributed by atoms with E-state index in [4.69, 9.17) is 9.47 Å². The summed E-state index contributed by atoms with van der Waals surface area (Å²) in [5, 5.41) is 7.80. The Kier molecular flexibility index (Phi) is 8.21. The van der Waals surface area contributed by atoms with Crippen molar-refractivity contribution in [2.75, 3.05) is 23.8 Å². The van der Waals surface area contributed by atoms with E-state index in [0.717, 1.165) is 0 Å². The molecule has 0 bridgehead atoms. The molecular weight excluding hydrogens is 432 g/mol. The van der Waals surface area contributed by atoms with Crippen LogP contribution in [0.2, 0.25) is 0 Å². The standard InChI is InChI=1S/C21H30N6O6/c1-7-32-19(30)17-24-15(12-27(17)6)25-18(29)14-10-13(11-26(14)5)23-16(28)8-9-22-20(31)33-21(2,3)4/h10-12H,7-9H2,1-6H3,(H,22,31)(H,23,28)(H,25,29). The number of ether oxygens (including phenoxy) is 2. The van der Waals surface area contributed by atoms with Gasteiger partial charge in [-0.15, -0.1) is 0 Å². The summed E-state index contributed by atoms with van der Waals surface area (Å²) in [4.78, 5) is 52.4. The van der Waals surface area contributed by atoms with E-state index >= 15 is 0 Å². The van der Waals surface area contributed by atoms with Crippen LogP contribution in [0, 0.1) is 0 Å². The van der Waals surface area contributed by atoms with Crippen molar-refractivity contribution in [3.63, 3.8) is 0 Å². The normalized spacial score (nSPS) is 11.0. The van der Waals surface area contributed by atoms with Gasteiger partial charge >= 0.3 is 12.1 Å². The molecular formula is C21H30N6O6. The number of nitrogens with one attached hydrogen (secondary N) is 3. The van der Waals surface area contributed by atoms with Gasteiger partial charge in [0.05, 0.1) is 12.3 Å². The number of alkyl carbamates (subject to hydrolysis) is 1. The van der Waals surface area contributed by atoms with Crippen LogP contribution in [-0.4, -0.2) is 56.7 Å². The summed E-state index contributed by atoms with van der Waals surface area (Å²) < 4.78 is 13.0. The van der Waals surface area contributed by atoms with Gasteiger partial charge < -0.3 is 34.6 Å². The maximum atomic E-state index is 12.6. The highest BCUT2D eigenvalue weighted by molar-refractivity contribution is 6.04. The molecule has 33 heavy (non-hydrogen) atoms. The van der Waals surface area contributed by atoms with Crippen LogP contribution >= 0.6 is 0 Å². The summed E-state index contributed by atoms with van der Waals surface area (Å²) in [6.45, 7) is 7.24. The van der Waals surface area contributed by atoms with Crippen LogP contribution in [0.1, 0.15) is 55.2 Å². The maximum Gasteiger partial charge on any atom is 0.407 e. The van der Waals surface area contributed by atoms with E-state index in [-0.39, 0.29) is 42.8 Å². The minimum Gasteiger partial charge on any atom is -0.460 e. The SMILES string of the molecule is CCOC(=O)c1nc(NC(=O)c2cc(NC(=O)CCNC(=O)OC(C)(C)C)cn2C)cn1C. The molecule has 2 rings (SSSR count). The van der Waals surface area contributed by atoms with Crippen molar-refractivity contribution in [2.45, 2.75) is 39.7 Å². The lowest BCUT2D eigenvalue weighted by Gasteiger charge is -2.19. The molecule has 0 spiro atoms. The summed E-state index contributed by atoms with van der Waals surface area (Å²) in [6, 6.07) is 1.50. The first-order valence-electron chi connectivity index (χ1n) is 10.3. The van der Waals surface area contributed by atoms with E-state index < -0.39 is 23.6 Å². The first-order valence-corrected chi connectivity index (χ1v) is 10.3. The van der Waals surface area contributed by atoms with Crippen molar-refractivity contribution in [1.29, 1.82) is 0 Å². The fourth-order valence-corrected chi connectivity index (χ4v) is 2.77. The lowest BCUT2D eigenvalue weighted by atomic mass is 10.2. The minimum atomic E-state index is -0.622. The number of rotatable bonds is 8. The largest absolute Gasteiger partial charge is 0.460 e. The van der Waals surface area contributed by atoms with Gasteiger partial charge in [-0.2, -0.15) is 0 Å². The monoisotopic (exact) mass is 462 g/mol. The van der Waals surface area contributed by atoms with Gasteiger partial charge in [-0.3, -0.25) is 9.59 Å². The lowest BCUT2D eigenvalue weighted by molar-refractivity contribution is -0.116. The molecule has 0 aliphatic rings. The lowest BCUT2D eigenvalue weighted by Crippen LogP contribution is -2.34. The highest BCUT2D eigenvalue weighted by atomic mass is 16.6. The molecule has 0 unspecified atom stereocenters. The zero-order chi connectivity index (χ0) is 24.8. The van der Waals surface area contributed by atoms with Gasteiger partial charge in [0.2, 0.25) is 11.7 Å². The Morgan fingerprint density at radius 3 is 2.39 bits per heavy atom. The summed E-state index contributed by atoms with van der Waals surface area (Å²) in [5.41, 5.74) is 0.0573. The van der Waals surface area contributed by atoms with Crippen molar-refractivity contribution in [3.8, 4) is 0 Å². The van der Waals surface area contributed by atoms with Gasteiger partial charge in [0, 0.05) is 39.5 Å². The third-order valence-corrected chi connectivity index (χ3v) is 4.12. The van der Waals surface area contributed by atoms with Crippen LogP contribution in [0.5, 0.6) is 0 Å². The zero-order valence-electron chi connectivity index (χ0n) is 19.6. The minimum absolute atomic E-state index is 0.0280. The number of imidazole rings is 1. The average Bonchev–Trinajstić information content (AvgIpc) is 3.22. The topological polar surface area (TPSA) is 146 Å². The number of aromatic nitrogens is 3. The average molecular weight is 463 g/mol. The van der Waals surface area contributed by atoms with Crippen LogP contribution in [0.25, 0.3) is 0 Å². The molecule has 12 heteroatoms. The Morgan fingerprint density at radius 2 is 1.76 bits per heavy atom. The number of esters is 1. The Bertz CT molecular complexity index is 1030. The van der Waals surface area contributed by atoms with Crippen molar-refractivity contribution in [3.05, 3.63) is 30.0 Å². The second-order valence-electron chi connectivity index (χ2n) is 8.19. The molecule has 0 saturated carbocycles. The summed E-state index contributed by atoms with van der Waals surface area (Å²) in [6.07, 6.45) is 2.50. The second kappa shape index (κ2) is 10.7. The number of nitrogens with zero attached hydrogens (tertiary/aromatic N) is 3. The molecule has 0 fully saturated rings. The smallest absolute Gasteiger partial charge is 0.407 e. The van der Waals surface area contributed by atoms with Gasteiger partial charge in [-0.05, 0) is 33.8 Å². The highest BCUT2D eigenvalue weighted by Gasteiger charge is 2.19. The number of aryl methyl sites for hydroxylation is 2. The van der Waals surface area contributed by atoms with E-state index in [1.165, 1.54) is 16.8 Å². The summed E-state index contributed by atoms with van der Waals surface area (Å²) in [7, 11) is 3.26. The molecule has 0 atom stereocenters. The Morgan fingerprint density at radius 1 is 1.06 bits per heavy atom. The molecule has 0 saturated heterocycles. The van der Waals surface area contributed by atoms with E-state index in [2.05, 4.69) is 20.9 Å². The van der Waals surface area contributed by atoms with E-state index in [1.54, 1.807) is 52.6 Å². The maximum absolute atomic E-state index is 12.6. The predicted molar refractivity (Wildman–Crippen MR) is 120 cm³/mol. The number of hydrogen-bond donors (Lipinski definition) is 3. The highest BCUT2D eigenvalue weighted by Crippen LogP contribution is 2.16. The molecule has 2 aromatic rings. The first kappa shape index (κ1) is 25.4. The van der Waals surface area contributed by atoms with Gasteiger partial charge in [0.15, 0.2) is 5.82 Å². The van der Waals surface area contributed by atoms with E-state index in [9.17, 15) is 19.2 Å². The molecule has 0 aromatic carbocycles. The van der Waals surface area contributed by atoms with Crippen molar-refractivity contribution < 1.29 is 28.7 Å². The zero-order valence-corrected chi connectivity index (χ0v) is 19.6. The van der Waals surface area contributed by atoms with Crippen LogP contribution in [-0.2, 0) is 28.4 Å². The Balaban J connectivity index is 1.92. The molecule has 12 nitrogen and oxygen atoms in total. The second-order valence-corrected chi connectivity index (χ2v) is 8.19. The van der Waals surface area contributed by atoms with Gasteiger partial charge in [0.25, 0.3) is 5.91 Å². The number of amides is 3. The quantitative estimate of drug-likeness (QED) is 0.509. The first-order chi connectivity index (χ1) is 15.4. The van der Waals surface area contributed by atoms with Crippen molar-refractivity contribution in [2.24, 2.45) is 14.1 Å². The summed E-state index contributed by atoms with van der Waals surface area (Å²) >= 11 is 0. The Labute approximate surface area is 191 Å². The third kappa shape index (κ3) is 7.66. The van der Waals surface area contributed by atoms with Gasteiger partial charge in [0.1, 0.15) is 11.3 Å². The van der Waals surface area contributed by atoms with Gasteiger partial charge in [-0.25, -0.2) is 14.6 Å². The van der Waals surface area contributed by atoms with Crippen LogP contribution in [0.3, 0.4) is 0 Å². The number of carbonyl (C=O) groups is 4. The van der Waals surface area contributed by atoms with E-state index in [0.29, 0.717) is 5.69 Å². The fourth-order valence-electron chi connectivity index (χ4n) is 2.77. The fraction of sp³-hybridized carbons (Fsp3) is 0.476. The van der Waals surface area contributed by atoms with Crippen LogP contribution in [0.4, 0.5) is 16.3 Å². The molecule has 3 N–H and O–H groups in total. The molecule has 180 valence electrons. The molecule has 0 aliphatic heterocycles. The Hall–Kier alpha value is -3.83. The molecule has 0 aliphatic carbocycles. The molecule has 2 aromatic heterocycles. The predicted octanol–water partition coefficient (Wildman–Crippen LogP) is 2.04. The van der Waals surface area contributed by atoms with Crippen LogP contribution < -0.4 is 16.0 Å². The number of carbonyl (C=O) groups excluding carboxylic acids is 4. The van der Waals surface area contributed by atoms with Gasteiger partial charge in [-0.1, -0.05) is 0 Å². The van der Waals surface area contributed by atoms with Crippen LogP contribution in [0.15, 0.2) is 18.5 Å².